The third-order valence-electron chi connectivity index (χ3n) is 3.22. The van der Waals surface area contributed by atoms with E-state index in [0.29, 0.717) is 11.9 Å². The van der Waals surface area contributed by atoms with Crippen LogP contribution >= 0.6 is 0 Å². The van der Waals surface area contributed by atoms with Gasteiger partial charge in [0.2, 0.25) is 0 Å². The minimum absolute atomic E-state index is 0.202. The fourth-order valence-electron chi connectivity index (χ4n) is 2.11. The Balaban J connectivity index is 1.73. The molecule has 0 saturated heterocycles. The highest BCUT2D eigenvalue weighted by molar-refractivity contribution is 5.83. The molecule has 0 unspecified atom stereocenters. The molecule has 3 aromatic rings. The molecule has 0 amide bonds. The van der Waals surface area contributed by atoms with Crippen LogP contribution in [0.1, 0.15) is 11.3 Å². The van der Waals surface area contributed by atoms with Crippen molar-refractivity contribution in [2.24, 2.45) is 5.10 Å². The van der Waals surface area contributed by atoms with Crippen molar-refractivity contribution in [3.8, 4) is 5.75 Å². The zero-order chi connectivity index (χ0) is 15.4. The second kappa shape index (κ2) is 6.09. The largest absolute Gasteiger partial charge is 0.508 e. The molecule has 6 nitrogen and oxygen atoms in total. The highest BCUT2D eigenvalue weighted by atomic mass is 16.3. The molecule has 0 aliphatic carbocycles. The number of hydrogen-bond donors (Lipinski definition) is 3. The standard InChI is InChI=1S/C16H14N4O2/c21-12-7-5-11(6-8-12)9-17-18-10-15-13-3-1-2-4-14(13)16(22)20-19-15/h1-9,18,21H,10H2,(H,20,22)/b17-9+. The summed E-state index contributed by atoms with van der Waals surface area (Å²) in [5.41, 5.74) is 4.28. The normalized spacial score (nSPS) is 11.1. The Kier molecular flexibility index (Phi) is 3.82. The molecule has 22 heavy (non-hydrogen) atoms. The Morgan fingerprint density at radius 1 is 1.14 bits per heavy atom. The number of aromatic nitrogens is 2. The van der Waals surface area contributed by atoms with Gasteiger partial charge in [0, 0.05) is 5.39 Å². The molecule has 2 aromatic carbocycles. The summed E-state index contributed by atoms with van der Waals surface area (Å²) in [5, 5.41) is 21.3. The van der Waals surface area contributed by atoms with Crippen LogP contribution in [0.25, 0.3) is 10.8 Å². The van der Waals surface area contributed by atoms with Gasteiger partial charge in [-0.25, -0.2) is 5.10 Å². The number of aromatic amines is 1. The number of phenols is 1. The summed E-state index contributed by atoms with van der Waals surface area (Å²) in [6.45, 7) is 0.395. The van der Waals surface area contributed by atoms with E-state index >= 15 is 0 Å². The van der Waals surface area contributed by atoms with Gasteiger partial charge in [0.15, 0.2) is 0 Å². The second-order valence-electron chi connectivity index (χ2n) is 4.73. The number of rotatable bonds is 4. The highest BCUT2D eigenvalue weighted by Gasteiger charge is 2.04. The Morgan fingerprint density at radius 2 is 1.86 bits per heavy atom. The van der Waals surface area contributed by atoms with E-state index in [1.165, 1.54) is 0 Å². The maximum atomic E-state index is 11.7. The van der Waals surface area contributed by atoms with Gasteiger partial charge < -0.3 is 10.5 Å². The number of fused-ring (bicyclic) bond motifs is 1. The molecule has 0 saturated carbocycles. The molecular formula is C16H14N4O2. The van der Waals surface area contributed by atoms with Crippen molar-refractivity contribution in [1.29, 1.82) is 0 Å². The first kappa shape index (κ1) is 13.8. The number of benzene rings is 2. The van der Waals surface area contributed by atoms with Gasteiger partial charge in [0.05, 0.1) is 23.8 Å². The van der Waals surface area contributed by atoms with Crippen molar-refractivity contribution in [3.63, 3.8) is 0 Å². The summed E-state index contributed by atoms with van der Waals surface area (Å²) >= 11 is 0. The molecule has 3 N–H and O–H groups in total. The summed E-state index contributed by atoms with van der Waals surface area (Å²) in [5.74, 6) is 0.217. The lowest BCUT2D eigenvalue weighted by atomic mass is 10.1. The van der Waals surface area contributed by atoms with Gasteiger partial charge in [-0.2, -0.15) is 10.2 Å². The van der Waals surface area contributed by atoms with Crippen LogP contribution in [0.4, 0.5) is 0 Å². The van der Waals surface area contributed by atoms with Gasteiger partial charge in [-0.05, 0) is 35.9 Å². The molecule has 0 atom stereocenters. The quantitative estimate of drug-likeness (QED) is 0.505. The number of phenolic OH excluding ortho intramolecular Hbond substituents is 1. The molecule has 0 spiro atoms. The van der Waals surface area contributed by atoms with Crippen molar-refractivity contribution in [2.45, 2.75) is 6.54 Å². The van der Waals surface area contributed by atoms with E-state index in [1.807, 2.05) is 18.2 Å². The second-order valence-corrected chi connectivity index (χ2v) is 4.73. The molecule has 6 heteroatoms. The summed E-state index contributed by atoms with van der Waals surface area (Å²) < 4.78 is 0. The predicted molar refractivity (Wildman–Crippen MR) is 84.9 cm³/mol. The number of nitrogens with zero attached hydrogens (tertiary/aromatic N) is 2. The summed E-state index contributed by atoms with van der Waals surface area (Å²) in [6.07, 6.45) is 1.65. The number of hydrogen-bond acceptors (Lipinski definition) is 5. The van der Waals surface area contributed by atoms with E-state index in [9.17, 15) is 9.90 Å². The Morgan fingerprint density at radius 3 is 2.64 bits per heavy atom. The zero-order valence-electron chi connectivity index (χ0n) is 11.7. The predicted octanol–water partition coefficient (Wildman–Crippen LogP) is 1.75. The van der Waals surface area contributed by atoms with E-state index in [1.54, 1.807) is 36.5 Å². The molecule has 110 valence electrons. The number of nitrogens with one attached hydrogen (secondary N) is 2. The topological polar surface area (TPSA) is 90.4 Å². The lowest BCUT2D eigenvalue weighted by molar-refractivity contribution is 0.475. The van der Waals surface area contributed by atoms with Crippen molar-refractivity contribution in [2.75, 3.05) is 0 Å². The van der Waals surface area contributed by atoms with Crippen LogP contribution in [-0.4, -0.2) is 21.5 Å². The third kappa shape index (κ3) is 2.95. The average Bonchev–Trinajstić information content (AvgIpc) is 2.55. The summed E-state index contributed by atoms with van der Waals surface area (Å²) in [6, 6.07) is 14.0. The lowest BCUT2D eigenvalue weighted by Crippen LogP contribution is -2.15. The monoisotopic (exact) mass is 294 g/mol. The Bertz CT molecular complexity index is 869. The fraction of sp³-hybridized carbons (Fsp3) is 0.0625. The summed E-state index contributed by atoms with van der Waals surface area (Å²) in [7, 11) is 0. The van der Waals surface area contributed by atoms with E-state index < -0.39 is 0 Å². The third-order valence-corrected chi connectivity index (χ3v) is 3.22. The van der Waals surface area contributed by atoms with Crippen LogP contribution in [0, 0.1) is 0 Å². The lowest BCUT2D eigenvalue weighted by Gasteiger charge is -2.04. The van der Waals surface area contributed by atoms with Gasteiger partial charge in [0.25, 0.3) is 5.56 Å². The first-order valence-electron chi connectivity index (χ1n) is 6.75. The van der Waals surface area contributed by atoms with Crippen molar-refractivity contribution < 1.29 is 5.11 Å². The molecule has 0 bridgehead atoms. The number of aromatic hydroxyl groups is 1. The smallest absolute Gasteiger partial charge is 0.272 e. The van der Waals surface area contributed by atoms with Crippen molar-refractivity contribution in [3.05, 3.63) is 70.1 Å². The van der Waals surface area contributed by atoms with Crippen molar-refractivity contribution >= 4 is 17.0 Å². The van der Waals surface area contributed by atoms with E-state index in [-0.39, 0.29) is 11.3 Å². The molecule has 1 heterocycles. The first-order chi connectivity index (χ1) is 10.7. The van der Waals surface area contributed by atoms with Crippen LogP contribution in [-0.2, 0) is 6.54 Å². The van der Waals surface area contributed by atoms with Crippen LogP contribution in [0.15, 0.2) is 58.4 Å². The van der Waals surface area contributed by atoms with Gasteiger partial charge in [-0.1, -0.05) is 18.2 Å². The van der Waals surface area contributed by atoms with E-state index in [4.69, 9.17) is 0 Å². The van der Waals surface area contributed by atoms with Gasteiger partial charge >= 0.3 is 0 Å². The molecular weight excluding hydrogens is 280 g/mol. The molecule has 0 radical (unpaired) electrons. The van der Waals surface area contributed by atoms with Crippen LogP contribution in [0.5, 0.6) is 5.75 Å². The number of H-pyrrole nitrogens is 1. The summed E-state index contributed by atoms with van der Waals surface area (Å²) in [4.78, 5) is 11.7. The Hall–Kier alpha value is -3.15. The van der Waals surface area contributed by atoms with E-state index in [2.05, 4.69) is 20.7 Å². The molecule has 3 rings (SSSR count). The van der Waals surface area contributed by atoms with Gasteiger partial charge in [0.1, 0.15) is 5.75 Å². The molecule has 0 aliphatic rings. The minimum Gasteiger partial charge on any atom is -0.508 e. The maximum Gasteiger partial charge on any atom is 0.272 e. The fourth-order valence-corrected chi connectivity index (χ4v) is 2.11. The highest BCUT2D eigenvalue weighted by Crippen LogP contribution is 2.12. The minimum atomic E-state index is -0.202. The molecule has 0 aliphatic heterocycles. The van der Waals surface area contributed by atoms with Crippen LogP contribution in [0.2, 0.25) is 0 Å². The molecule has 0 fully saturated rings. The van der Waals surface area contributed by atoms with Gasteiger partial charge in [-0.3, -0.25) is 4.79 Å². The van der Waals surface area contributed by atoms with E-state index in [0.717, 1.165) is 16.6 Å². The van der Waals surface area contributed by atoms with Crippen LogP contribution in [0.3, 0.4) is 0 Å². The van der Waals surface area contributed by atoms with Crippen molar-refractivity contribution in [1.82, 2.24) is 15.6 Å². The maximum absolute atomic E-state index is 11.7. The first-order valence-corrected chi connectivity index (χ1v) is 6.75. The zero-order valence-corrected chi connectivity index (χ0v) is 11.7. The average molecular weight is 294 g/mol. The SMILES string of the molecule is O=c1[nH]nc(CN/N=C/c2ccc(O)cc2)c2ccccc12. The van der Waals surface area contributed by atoms with Crippen LogP contribution < -0.4 is 11.0 Å². The number of hydrazone groups is 1. The van der Waals surface area contributed by atoms with Gasteiger partial charge in [-0.15, -0.1) is 0 Å². The Labute approximate surface area is 126 Å². The molecule has 1 aromatic heterocycles.